The van der Waals surface area contributed by atoms with Gasteiger partial charge in [0, 0.05) is 13.1 Å². The van der Waals surface area contributed by atoms with E-state index in [-0.39, 0.29) is 6.17 Å². The van der Waals surface area contributed by atoms with E-state index in [0.717, 1.165) is 17.4 Å². The molecule has 0 fully saturated rings. The molecule has 2 nitrogen and oxygen atoms in total. The normalized spacial score (nSPS) is 17.8. The van der Waals surface area contributed by atoms with E-state index in [1.54, 1.807) is 0 Å². The van der Waals surface area contributed by atoms with Crippen LogP contribution in [0.2, 0.25) is 0 Å². The number of fused-ring (bicyclic) bond motifs is 1. The van der Waals surface area contributed by atoms with Crippen LogP contribution in [0.5, 0.6) is 0 Å². The quantitative estimate of drug-likeness (QED) is 0.767. The Labute approximate surface area is 110 Å². The molecule has 1 aliphatic heterocycles. The topological polar surface area (TPSA) is 6.48 Å². The molecule has 0 saturated carbocycles. The molecule has 1 aliphatic rings. The predicted octanol–water partition coefficient (Wildman–Crippen LogP) is 3.90. The van der Waals surface area contributed by atoms with Gasteiger partial charge in [-0.1, -0.05) is 12.1 Å². The Morgan fingerprint density at radius 1 is 0.947 bits per heavy atom. The summed E-state index contributed by atoms with van der Waals surface area (Å²) in [5.41, 5.74) is 2.37. The molecule has 1 unspecified atom stereocenters. The molecule has 0 radical (unpaired) electrons. The lowest BCUT2D eigenvalue weighted by Gasteiger charge is -2.27. The van der Waals surface area contributed by atoms with Crippen LogP contribution < -0.4 is 9.80 Å². The highest BCUT2D eigenvalue weighted by molar-refractivity contribution is 5.83. The summed E-state index contributed by atoms with van der Waals surface area (Å²) in [6.45, 7) is 1.99. The molecule has 0 bridgehead atoms. The minimum atomic E-state index is -0.560. The average Bonchev–Trinajstić information content (AvgIpc) is 2.64. The van der Waals surface area contributed by atoms with Gasteiger partial charge in [-0.05, 0) is 31.2 Å². The van der Waals surface area contributed by atoms with E-state index in [4.69, 9.17) is 0 Å². The Kier molecular flexibility index (Phi) is 2.66. The molecule has 1 atom stereocenters. The van der Waals surface area contributed by atoms with Crippen LogP contribution in [0.1, 0.15) is 6.92 Å². The van der Waals surface area contributed by atoms with Gasteiger partial charge in [0.1, 0.15) is 17.8 Å². The summed E-state index contributed by atoms with van der Waals surface area (Å²) >= 11 is 0. The Bertz CT molecular complexity index is 627. The van der Waals surface area contributed by atoms with Crippen LogP contribution in [0.4, 0.5) is 25.8 Å². The van der Waals surface area contributed by atoms with Crippen LogP contribution in [-0.2, 0) is 0 Å². The number of nitrogens with zero attached hydrogens (tertiary/aromatic N) is 2. The van der Waals surface area contributed by atoms with E-state index in [9.17, 15) is 8.78 Å². The molecule has 0 aromatic heterocycles. The van der Waals surface area contributed by atoms with E-state index in [2.05, 4.69) is 4.90 Å². The fourth-order valence-corrected chi connectivity index (χ4v) is 2.55. The first-order valence-corrected chi connectivity index (χ1v) is 6.16. The molecule has 3 rings (SSSR count). The summed E-state index contributed by atoms with van der Waals surface area (Å²) in [5.74, 6) is -1.10. The molecular formula is C15H14F2N2. The van der Waals surface area contributed by atoms with Gasteiger partial charge in [-0.15, -0.1) is 0 Å². The second kappa shape index (κ2) is 4.23. The maximum atomic E-state index is 14.0. The van der Waals surface area contributed by atoms with Crippen molar-refractivity contribution in [1.29, 1.82) is 0 Å². The third-order valence-corrected chi connectivity index (χ3v) is 3.62. The number of para-hydroxylation sites is 2. The molecule has 98 valence electrons. The zero-order valence-electron chi connectivity index (χ0n) is 10.8. The van der Waals surface area contributed by atoms with E-state index < -0.39 is 11.6 Å². The monoisotopic (exact) mass is 260 g/mol. The molecule has 2 aromatic rings. The Morgan fingerprint density at radius 3 is 2.32 bits per heavy atom. The van der Waals surface area contributed by atoms with E-state index >= 15 is 0 Å². The fourth-order valence-electron chi connectivity index (χ4n) is 2.55. The number of halogens is 2. The van der Waals surface area contributed by atoms with Gasteiger partial charge in [0.25, 0.3) is 0 Å². The zero-order chi connectivity index (χ0) is 13.6. The molecule has 2 aromatic carbocycles. The number of hydrogen-bond acceptors (Lipinski definition) is 2. The molecule has 0 saturated heterocycles. The first kappa shape index (κ1) is 12.0. The van der Waals surface area contributed by atoms with Crippen molar-refractivity contribution in [2.75, 3.05) is 16.8 Å². The number of benzene rings is 2. The number of rotatable bonds is 1. The third-order valence-electron chi connectivity index (χ3n) is 3.62. The van der Waals surface area contributed by atoms with Crippen LogP contribution in [-0.4, -0.2) is 13.2 Å². The van der Waals surface area contributed by atoms with E-state index in [1.165, 1.54) is 12.1 Å². The smallest absolute Gasteiger partial charge is 0.149 e. The second-order valence-electron chi connectivity index (χ2n) is 4.70. The summed E-state index contributed by atoms with van der Waals surface area (Å²) in [5, 5.41) is 0. The summed E-state index contributed by atoms with van der Waals surface area (Å²) < 4.78 is 27.0. The molecule has 0 N–H and O–H groups in total. The first-order valence-electron chi connectivity index (χ1n) is 6.16. The molecule has 0 spiro atoms. The summed E-state index contributed by atoms with van der Waals surface area (Å²) in [6, 6.07) is 11.5. The standard InChI is InChI=1S/C15H14F2N2/c1-10-18(2)14-5-3-4-6-15(14)19(10)13-8-7-11(16)9-12(13)17/h3-10H,1-2H3. The predicted molar refractivity (Wildman–Crippen MR) is 72.8 cm³/mol. The van der Waals surface area contributed by atoms with Crippen molar-refractivity contribution in [1.82, 2.24) is 0 Å². The fraction of sp³-hybridized carbons (Fsp3) is 0.200. The van der Waals surface area contributed by atoms with Crippen molar-refractivity contribution in [2.45, 2.75) is 13.1 Å². The van der Waals surface area contributed by atoms with Gasteiger partial charge >= 0.3 is 0 Å². The van der Waals surface area contributed by atoms with Gasteiger partial charge in [-0.3, -0.25) is 0 Å². The van der Waals surface area contributed by atoms with Crippen LogP contribution >= 0.6 is 0 Å². The Morgan fingerprint density at radius 2 is 1.63 bits per heavy atom. The summed E-state index contributed by atoms with van der Waals surface area (Å²) in [4.78, 5) is 3.95. The lowest BCUT2D eigenvalue weighted by molar-refractivity contribution is 0.578. The third kappa shape index (κ3) is 1.75. The SMILES string of the molecule is CC1N(C)c2ccccc2N1c1ccc(F)cc1F. The van der Waals surface area contributed by atoms with Crippen molar-refractivity contribution in [3.8, 4) is 0 Å². The highest BCUT2D eigenvalue weighted by Crippen LogP contribution is 2.43. The number of anilines is 3. The van der Waals surface area contributed by atoms with Gasteiger partial charge < -0.3 is 9.80 Å². The average molecular weight is 260 g/mol. The van der Waals surface area contributed by atoms with Gasteiger partial charge in [0.2, 0.25) is 0 Å². The highest BCUT2D eigenvalue weighted by atomic mass is 19.1. The van der Waals surface area contributed by atoms with Crippen molar-refractivity contribution in [3.05, 3.63) is 54.1 Å². The van der Waals surface area contributed by atoms with Gasteiger partial charge in [-0.2, -0.15) is 0 Å². The van der Waals surface area contributed by atoms with Gasteiger partial charge in [0.15, 0.2) is 0 Å². The molecule has 19 heavy (non-hydrogen) atoms. The van der Waals surface area contributed by atoms with Gasteiger partial charge in [0.05, 0.1) is 17.1 Å². The van der Waals surface area contributed by atoms with E-state index in [0.29, 0.717) is 5.69 Å². The van der Waals surface area contributed by atoms with Gasteiger partial charge in [-0.25, -0.2) is 8.78 Å². The molecule has 1 heterocycles. The summed E-state index contributed by atoms with van der Waals surface area (Å²) in [6.07, 6.45) is -0.0163. The second-order valence-corrected chi connectivity index (χ2v) is 4.70. The molecular weight excluding hydrogens is 246 g/mol. The Balaban J connectivity index is 2.15. The van der Waals surface area contributed by atoms with Crippen molar-refractivity contribution < 1.29 is 8.78 Å². The van der Waals surface area contributed by atoms with Crippen molar-refractivity contribution in [2.24, 2.45) is 0 Å². The maximum Gasteiger partial charge on any atom is 0.149 e. The number of hydrogen-bond donors (Lipinski definition) is 0. The molecule has 0 amide bonds. The Hall–Kier alpha value is -2.10. The van der Waals surface area contributed by atoms with Crippen molar-refractivity contribution >= 4 is 17.1 Å². The minimum absolute atomic E-state index is 0.0163. The lowest BCUT2D eigenvalue weighted by atomic mass is 10.2. The van der Waals surface area contributed by atoms with E-state index in [1.807, 2.05) is 43.1 Å². The van der Waals surface area contributed by atoms with Crippen LogP contribution in [0.15, 0.2) is 42.5 Å². The largest absolute Gasteiger partial charge is 0.353 e. The van der Waals surface area contributed by atoms with Crippen LogP contribution in [0, 0.1) is 11.6 Å². The van der Waals surface area contributed by atoms with Crippen LogP contribution in [0.3, 0.4) is 0 Å². The molecule has 0 aliphatic carbocycles. The van der Waals surface area contributed by atoms with Crippen LogP contribution in [0.25, 0.3) is 0 Å². The first-order chi connectivity index (χ1) is 9.09. The summed E-state index contributed by atoms with van der Waals surface area (Å²) in [7, 11) is 1.96. The lowest BCUT2D eigenvalue weighted by Crippen LogP contribution is -2.36. The highest BCUT2D eigenvalue weighted by Gasteiger charge is 2.32. The zero-order valence-corrected chi connectivity index (χ0v) is 10.8. The molecule has 4 heteroatoms. The minimum Gasteiger partial charge on any atom is -0.353 e. The maximum absolute atomic E-state index is 14.0. The van der Waals surface area contributed by atoms with Crippen molar-refractivity contribution in [3.63, 3.8) is 0 Å².